The zero-order valence-electron chi connectivity index (χ0n) is 11.1. The van der Waals surface area contributed by atoms with E-state index in [-0.39, 0.29) is 5.92 Å². The third-order valence-electron chi connectivity index (χ3n) is 3.55. The van der Waals surface area contributed by atoms with Gasteiger partial charge in [0.15, 0.2) is 5.58 Å². The second-order valence-corrected chi connectivity index (χ2v) is 4.68. The fourth-order valence-electron chi connectivity index (χ4n) is 2.54. The van der Waals surface area contributed by atoms with E-state index in [9.17, 15) is 0 Å². The maximum atomic E-state index is 5.83. The molecule has 0 unspecified atom stereocenters. The molecular formula is C17H16N2O. The lowest BCUT2D eigenvalue weighted by Crippen LogP contribution is -2.06. The van der Waals surface area contributed by atoms with Crippen LogP contribution in [0.15, 0.2) is 65.7 Å². The number of fused-ring (bicyclic) bond motifs is 1. The summed E-state index contributed by atoms with van der Waals surface area (Å²) in [6, 6.07) is 16.0. The van der Waals surface area contributed by atoms with Crippen LogP contribution in [0.1, 0.15) is 22.7 Å². The first kappa shape index (κ1) is 12.6. The number of benzene rings is 2. The average Bonchev–Trinajstić information content (AvgIpc) is 2.93. The van der Waals surface area contributed by atoms with Gasteiger partial charge in [0.25, 0.3) is 0 Å². The fourth-order valence-corrected chi connectivity index (χ4v) is 2.54. The highest BCUT2D eigenvalue weighted by Gasteiger charge is 2.19. The zero-order valence-corrected chi connectivity index (χ0v) is 11.1. The van der Waals surface area contributed by atoms with E-state index in [1.807, 2.05) is 48.5 Å². The predicted molar refractivity (Wildman–Crippen MR) is 80.4 cm³/mol. The first-order valence-corrected chi connectivity index (χ1v) is 6.60. The summed E-state index contributed by atoms with van der Waals surface area (Å²) in [5.41, 5.74) is 9.74. The Labute approximate surface area is 117 Å². The van der Waals surface area contributed by atoms with Crippen LogP contribution < -0.4 is 5.73 Å². The molecule has 2 aromatic carbocycles. The van der Waals surface area contributed by atoms with Crippen LogP contribution in [0.2, 0.25) is 0 Å². The van der Waals surface area contributed by atoms with Gasteiger partial charge in [0.05, 0.1) is 0 Å². The van der Waals surface area contributed by atoms with Crippen molar-refractivity contribution in [3.8, 4) is 0 Å². The molecule has 0 spiro atoms. The molecule has 20 heavy (non-hydrogen) atoms. The Balaban J connectivity index is 2.17. The van der Waals surface area contributed by atoms with Crippen LogP contribution in [0, 0.1) is 0 Å². The Morgan fingerprint density at radius 3 is 2.70 bits per heavy atom. The van der Waals surface area contributed by atoms with Crippen molar-refractivity contribution in [1.29, 1.82) is 0 Å². The minimum Gasteiger partial charge on any atom is -0.356 e. The quantitative estimate of drug-likeness (QED) is 0.732. The van der Waals surface area contributed by atoms with E-state index in [0.717, 1.165) is 27.8 Å². The summed E-state index contributed by atoms with van der Waals surface area (Å²) >= 11 is 0. The van der Waals surface area contributed by atoms with Crippen LogP contribution in [-0.4, -0.2) is 5.16 Å². The molecular weight excluding hydrogens is 248 g/mol. The van der Waals surface area contributed by atoms with E-state index in [4.69, 9.17) is 10.3 Å². The van der Waals surface area contributed by atoms with Gasteiger partial charge in [0.1, 0.15) is 5.69 Å². The summed E-state index contributed by atoms with van der Waals surface area (Å²) in [6.45, 7) is 4.45. The molecule has 0 aliphatic carbocycles. The van der Waals surface area contributed by atoms with Crippen LogP contribution in [0.4, 0.5) is 0 Å². The van der Waals surface area contributed by atoms with Crippen molar-refractivity contribution in [2.24, 2.45) is 5.73 Å². The Morgan fingerprint density at radius 1 is 1.15 bits per heavy atom. The van der Waals surface area contributed by atoms with Crippen LogP contribution in [-0.2, 0) is 6.54 Å². The van der Waals surface area contributed by atoms with Crippen LogP contribution in [0.25, 0.3) is 11.0 Å². The number of allylic oxidation sites excluding steroid dienone is 1. The van der Waals surface area contributed by atoms with Gasteiger partial charge in [-0.3, -0.25) is 0 Å². The lowest BCUT2D eigenvalue weighted by atomic mass is 9.90. The Bertz CT molecular complexity index is 745. The molecule has 0 amide bonds. The van der Waals surface area contributed by atoms with Crippen molar-refractivity contribution < 1.29 is 4.52 Å². The second kappa shape index (κ2) is 5.31. The highest BCUT2D eigenvalue weighted by Crippen LogP contribution is 2.32. The van der Waals surface area contributed by atoms with Gasteiger partial charge in [-0.2, -0.15) is 0 Å². The summed E-state index contributed by atoms with van der Waals surface area (Å²) in [4.78, 5) is 0. The number of aromatic nitrogens is 1. The summed E-state index contributed by atoms with van der Waals surface area (Å²) in [7, 11) is 0. The zero-order chi connectivity index (χ0) is 13.9. The molecule has 2 N–H and O–H groups in total. The number of para-hydroxylation sites is 1. The van der Waals surface area contributed by atoms with Crippen LogP contribution in [0.5, 0.6) is 0 Å². The SMILES string of the molecule is C=C[C@H](c1ccccc1CN)c1noc2ccccc12. The standard InChI is InChI=1S/C17H16N2O/c1-2-13(14-8-4-3-7-12(14)11-18)17-15-9-5-6-10-16(15)20-19-17/h2-10,13H,1,11,18H2/t13-/m1/s1. The van der Waals surface area contributed by atoms with E-state index in [0.29, 0.717) is 6.54 Å². The number of nitrogens with two attached hydrogens (primary N) is 1. The largest absolute Gasteiger partial charge is 0.356 e. The average molecular weight is 264 g/mol. The lowest BCUT2D eigenvalue weighted by Gasteiger charge is -2.14. The fraction of sp³-hybridized carbons (Fsp3) is 0.118. The number of rotatable bonds is 4. The molecule has 1 atom stereocenters. The molecule has 0 saturated carbocycles. The number of hydrogen-bond acceptors (Lipinski definition) is 3. The third kappa shape index (κ3) is 2.02. The highest BCUT2D eigenvalue weighted by atomic mass is 16.5. The maximum Gasteiger partial charge on any atom is 0.167 e. The minimum atomic E-state index is -0.0154. The molecule has 3 rings (SSSR count). The number of nitrogens with zero attached hydrogens (tertiary/aromatic N) is 1. The predicted octanol–water partition coefficient (Wildman–Crippen LogP) is 3.60. The van der Waals surface area contributed by atoms with Gasteiger partial charge >= 0.3 is 0 Å². The molecule has 0 aliphatic rings. The van der Waals surface area contributed by atoms with Crippen LogP contribution in [0.3, 0.4) is 0 Å². The molecule has 0 radical (unpaired) electrons. The molecule has 0 aliphatic heterocycles. The first-order valence-electron chi connectivity index (χ1n) is 6.60. The van der Waals surface area contributed by atoms with Crippen molar-refractivity contribution in [3.63, 3.8) is 0 Å². The van der Waals surface area contributed by atoms with E-state index in [2.05, 4.69) is 17.8 Å². The van der Waals surface area contributed by atoms with Crippen molar-refractivity contribution in [1.82, 2.24) is 5.16 Å². The van der Waals surface area contributed by atoms with Gasteiger partial charge < -0.3 is 10.3 Å². The molecule has 3 heteroatoms. The normalized spacial score (nSPS) is 12.4. The monoisotopic (exact) mass is 264 g/mol. The Morgan fingerprint density at radius 2 is 1.90 bits per heavy atom. The maximum absolute atomic E-state index is 5.83. The smallest absolute Gasteiger partial charge is 0.167 e. The van der Waals surface area contributed by atoms with Crippen molar-refractivity contribution in [2.75, 3.05) is 0 Å². The highest BCUT2D eigenvalue weighted by molar-refractivity contribution is 5.80. The molecule has 3 nitrogen and oxygen atoms in total. The Kier molecular flexibility index (Phi) is 3.35. The molecule has 0 fully saturated rings. The molecule has 3 aromatic rings. The summed E-state index contributed by atoms with van der Waals surface area (Å²) in [5.74, 6) is -0.0154. The van der Waals surface area contributed by atoms with Crippen molar-refractivity contribution in [2.45, 2.75) is 12.5 Å². The van der Waals surface area contributed by atoms with E-state index in [1.54, 1.807) is 0 Å². The van der Waals surface area contributed by atoms with E-state index < -0.39 is 0 Å². The van der Waals surface area contributed by atoms with E-state index >= 15 is 0 Å². The van der Waals surface area contributed by atoms with Crippen LogP contribution >= 0.6 is 0 Å². The molecule has 0 saturated heterocycles. The molecule has 1 heterocycles. The number of hydrogen-bond donors (Lipinski definition) is 1. The summed E-state index contributed by atoms with van der Waals surface area (Å²) in [5, 5.41) is 5.25. The van der Waals surface area contributed by atoms with Crippen molar-refractivity contribution >= 4 is 11.0 Å². The van der Waals surface area contributed by atoms with Gasteiger partial charge in [0, 0.05) is 17.8 Å². The van der Waals surface area contributed by atoms with Gasteiger partial charge in [0.2, 0.25) is 0 Å². The van der Waals surface area contributed by atoms with Gasteiger partial charge in [-0.1, -0.05) is 47.6 Å². The Hall–Kier alpha value is -2.39. The van der Waals surface area contributed by atoms with Crippen molar-refractivity contribution in [3.05, 3.63) is 78.0 Å². The van der Waals surface area contributed by atoms with E-state index in [1.165, 1.54) is 0 Å². The summed E-state index contributed by atoms with van der Waals surface area (Å²) < 4.78 is 5.40. The van der Waals surface area contributed by atoms with Gasteiger partial charge in [-0.15, -0.1) is 6.58 Å². The topological polar surface area (TPSA) is 52.0 Å². The first-order chi connectivity index (χ1) is 9.85. The molecule has 1 aromatic heterocycles. The lowest BCUT2D eigenvalue weighted by molar-refractivity contribution is 0.445. The minimum absolute atomic E-state index is 0.0154. The molecule has 100 valence electrons. The second-order valence-electron chi connectivity index (χ2n) is 4.68. The van der Waals surface area contributed by atoms with Gasteiger partial charge in [-0.05, 0) is 23.3 Å². The van der Waals surface area contributed by atoms with Gasteiger partial charge in [-0.25, -0.2) is 0 Å². The summed E-state index contributed by atoms with van der Waals surface area (Å²) in [6.07, 6.45) is 1.89. The third-order valence-corrected chi connectivity index (χ3v) is 3.55. The molecule has 0 bridgehead atoms.